The first-order valence-corrected chi connectivity index (χ1v) is 8.05. The van der Waals surface area contributed by atoms with Gasteiger partial charge in [-0.15, -0.1) is 6.42 Å². The third-order valence-corrected chi connectivity index (χ3v) is 4.26. The number of aromatic nitrogens is 2. The average Bonchev–Trinajstić information content (AvgIpc) is 2.63. The highest BCUT2D eigenvalue weighted by atomic mass is 16.2. The molecule has 1 atom stereocenters. The van der Waals surface area contributed by atoms with Gasteiger partial charge in [0.1, 0.15) is 6.54 Å². The van der Waals surface area contributed by atoms with Gasteiger partial charge in [-0.2, -0.15) is 5.10 Å². The van der Waals surface area contributed by atoms with E-state index in [9.17, 15) is 9.59 Å². The first-order valence-electron chi connectivity index (χ1n) is 8.05. The molecule has 0 bridgehead atoms. The summed E-state index contributed by atoms with van der Waals surface area (Å²) in [5.41, 5.74) is 0.441. The fourth-order valence-corrected chi connectivity index (χ4v) is 2.98. The lowest BCUT2D eigenvalue weighted by Crippen LogP contribution is -2.32. The molecule has 1 aromatic heterocycles. The Morgan fingerprint density at radius 1 is 1.33 bits per heavy atom. The molecule has 3 rings (SSSR count). The van der Waals surface area contributed by atoms with Gasteiger partial charge in [-0.05, 0) is 25.3 Å². The number of carbonyl (C=O) groups excluding carboxylic acids is 1. The van der Waals surface area contributed by atoms with Crippen LogP contribution in [-0.4, -0.2) is 15.7 Å². The van der Waals surface area contributed by atoms with Gasteiger partial charge in [0.05, 0.1) is 17.6 Å². The van der Waals surface area contributed by atoms with Crippen molar-refractivity contribution in [1.29, 1.82) is 0 Å². The molecule has 1 amide bonds. The SMILES string of the molecule is C#CCn1nc(CNC(=O)C2CC=CCC2)c2ccccc2c1=O. The summed E-state index contributed by atoms with van der Waals surface area (Å²) in [7, 11) is 0. The molecule has 24 heavy (non-hydrogen) atoms. The van der Waals surface area contributed by atoms with E-state index in [-0.39, 0.29) is 30.5 Å². The van der Waals surface area contributed by atoms with Gasteiger partial charge < -0.3 is 5.32 Å². The molecule has 1 heterocycles. The fourth-order valence-electron chi connectivity index (χ4n) is 2.98. The highest BCUT2D eigenvalue weighted by Gasteiger charge is 2.19. The second-order valence-electron chi connectivity index (χ2n) is 5.86. The van der Waals surface area contributed by atoms with Gasteiger partial charge in [0.25, 0.3) is 5.56 Å². The molecule has 5 heteroatoms. The molecule has 1 aliphatic rings. The van der Waals surface area contributed by atoms with Crippen LogP contribution in [0.15, 0.2) is 41.2 Å². The quantitative estimate of drug-likeness (QED) is 0.692. The molecule has 1 aliphatic carbocycles. The van der Waals surface area contributed by atoms with Crippen LogP contribution in [0.4, 0.5) is 0 Å². The van der Waals surface area contributed by atoms with Gasteiger partial charge in [0.2, 0.25) is 5.91 Å². The van der Waals surface area contributed by atoms with Crippen LogP contribution in [0, 0.1) is 18.3 Å². The van der Waals surface area contributed by atoms with Crippen LogP contribution in [0.5, 0.6) is 0 Å². The van der Waals surface area contributed by atoms with Crippen molar-refractivity contribution in [3.63, 3.8) is 0 Å². The van der Waals surface area contributed by atoms with Gasteiger partial charge in [-0.1, -0.05) is 36.3 Å². The number of hydrogen-bond acceptors (Lipinski definition) is 3. The van der Waals surface area contributed by atoms with Crippen molar-refractivity contribution in [3.8, 4) is 12.3 Å². The number of fused-ring (bicyclic) bond motifs is 1. The molecule has 0 saturated heterocycles. The molecule has 1 unspecified atom stereocenters. The average molecular weight is 321 g/mol. The minimum absolute atomic E-state index is 0.0119. The summed E-state index contributed by atoms with van der Waals surface area (Å²) in [5.74, 6) is 2.48. The first-order chi connectivity index (χ1) is 11.7. The molecule has 0 spiro atoms. The lowest BCUT2D eigenvalue weighted by molar-refractivity contribution is -0.125. The maximum absolute atomic E-state index is 12.4. The maximum atomic E-state index is 12.4. The smallest absolute Gasteiger partial charge is 0.275 e. The molecule has 122 valence electrons. The number of nitrogens with zero attached hydrogens (tertiary/aromatic N) is 2. The number of carbonyl (C=O) groups is 1. The molecule has 2 aromatic rings. The van der Waals surface area contributed by atoms with Crippen LogP contribution in [0.1, 0.15) is 25.0 Å². The van der Waals surface area contributed by atoms with Gasteiger partial charge in [-0.25, -0.2) is 4.68 Å². The Bertz CT molecular complexity index is 890. The van der Waals surface area contributed by atoms with Crippen LogP contribution in [0.25, 0.3) is 10.8 Å². The van der Waals surface area contributed by atoms with Gasteiger partial charge in [0, 0.05) is 11.3 Å². The second kappa shape index (κ2) is 7.14. The van der Waals surface area contributed by atoms with Gasteiger partial charge in [0.15, 0.2) is 0 Å². The van der Waals surface area contributed by atoms with Crippen LogP contribution in [0.2, 0.25) is 0 Å². The Labute approximate surface area is 140 Å². The first kappa shape index (κ1) is 16.0. The molecular formula is C19H19N3O2. The summed E-state index contributed by atoms with van der Waals surface area (Å²) >= 11 is 0. The number of nitrogens with one attached hydrogen (secondary N) is 1. The van der Waals surface area contributed by atoms with Crippen LogP contribution >= 0.6 is 0 Å². The van der Waals surface area contributed by atoms with Crippen molar-refractivity contribution in [2.45, 2.75) is 32.4 Å². The summed E-state index contributed by atoms with van der Waals surface area (Å²) < 4.78 is 1.27. The Hall–Kier alpha value is -2.87. The number of benzene rings is 1. The van der Waals surface area contributed by atoms with Crippen molar-refractivity contribution < 1.29 is 4.79 Å². The maximum Gasteiger partial charge on any atom is 0.275 e. The van der Waals surface area contributed by atoms with E-state index in [2.05, 4.69) is 28.5 Å². The second-order valence-corrected chi connectivity index (χ2v) is 5.86. The van der Waals surface area contributed by atoms with E-state index < -0.39 is 0 Å². The third-order valence-electron chi connectivity index (χ3n) is 4.26. The molecule has 1 aromatic carbocycles. The highest BCUT2D eigenvalue weighted by molar-refractivity contribution is 5.84. The number of amides is 1. The van der Waals surface area contributed by atoms with E-state index in [0.29, 0.717) is 11.1 Å². The van der Waals surface area contributed by atoms with Crippen LogP contribution < -0.4 is 10.9 Å². The predicted molar refractivity (Wildman–Crippen MR) is 93.2 cm³/mol. The summed E-state index contributed by atoms with van der Waals surface area (Å²) in [5, 5.41) is 8.60. The predicted octanol–water partition coefficient (Wildman–Crippen LogP) is 2.00. The zero-order chi connectivity index (χ0) is 16.9. The van der Waals surface area contributed by atoms with Crippen LogP contribution in [0.3, 0.4) is 0 Å². The molecular weight excluding hydrogens is 302 g/mol. The molecule has 0 radical (unpaired) electrons. The molecule has 0 saturated carbocycles. The van der Waals surface area contributed by atoms with Crippen molar-refractivity contribution in [2.75, 3.05) is 0 Å². The molecule has 0 aliphatic heterocycles. The minimum Gasteiger partial charge on any atom is -0.350 e. The standard InChI is InChI=1S/C19H19N3O2/c1-2-12-22-19(24)16-11-7-6-10-15(16)17(21-22)13-20-18(23)14-8-4-3-5-9-14/h1,3-4,6-7,10-11,14H,5,8-9,12-13H2,(H,20,23). The highest BCUT2D eigenvalue weighted by Crippen LogP contribution is 2.19. The largest absolute Gasteiger partial charge is 0.350 e. The van der Waals surface area contributed by atoms with Crippen molar-refractivity contribution >= 4 is 16.7 Å². The van der Waals surface area contributed by atoms with E-state index >= 15 is 0 Å². The van der Waals surface area contributed by atoms with Gasteiger partial charge in [-0.3, -0.25) is 9.59 Å². The number of hydrogen-bond donors (Lipinski definition) is 1. The number of rotatable bonds is 4. The van der Waals surface area contributed by atoms with E-state index in [4.69, 9.17) is 6.42 Å². The summed E-state index contributed by atoms with van der Waals surface area (Å²) in [4.78, 5) is 24.7. The summed E-state index contributed by atoms with van der Waals surface area (Å²) in [6.45, 7) is 0.391. The van der Waals surface area contributed by atoms with Gasteiger partial charge >= 0.3 is 0 Å². The topological polar surface area (TPSA) is 64.0 Å². The van der Waals surface area contributed by atoms with Crippen molar-refractivity contribution in [3.05, 3.63) is 52.5 Å². The normalized spacial score (nSPS) is 16.7. The number of terminal acetylenes is 1. The summed E-state index contributed by atoms with van der Waals surface area (Å²) in [6, 6.07) is 7.26. The van der Waals surface area contributed by atoms with E-state index in [1.807, 2.05) is 12.1 Å². The monoisotopic (exact) mass is 321 g/mol. The zero-order valence-corrected chi connectivity index (χ0v) is 13.4. The van der Waals surface area contributed by atoms with E-state index in [1.165, 1.54) is 4.68 Å². The molecule has 0 fully saturated rings. The zero-order valence-electron chi connectivity index (χ0n) is 13.4. The fraction of sp³-hybridized carbons (Fsp3) is 0.316. The Kier molecular flexibility index (Phi) is 4.76. The van der Waals surface area contributed by atoms with E-state index in [0.717, 1.165) is 24.6 Å². The Morgan fingerprint density at radius 3 is 2.83 bits per heavy atom. The molecule has 1 N–H and O–H groups in total. The van der Waals surface area contributed by atoms with E-state index in [1.54, 1.807) is 12.1 Å². The van der Waals surface area contributed by atoms with Crippen molar-refractivity contribution in [2.24, 2.45) is 5.92 Å². The summed E-state index contributed by atoms with van der Waals surface area (Å²) in [6.07, 6.45) is 12.1. The van der Waals surface area contributed by atoms with Crippen molar-refractivity contribution in [1.82, 2.24) is 15.1 Å². The Morgan fingerprint density at radius 2 is 2.12 bits per heavy atom. The molecule has 5 nitrogen and oxygen atoms in total. The number of allylic oxidation sites excluding steroid dienone is 2. The van der Waals surface area contributed by atoms with Crippen LogP contribution in [-0.2, 0) is 17.9 Å². The minimum atomic E-state index is -0.212. The lowest BCUT2D eigenvalue weighted by atomic mass is 9.93. The third kappa shape index (κ3) is 3.23. The Balaban J connectivity index is 1.87. The lowest BCUT2D eigenvalue weighted by Gasteiger charge is -2.17.